The van der Waals surface area contributed by atoms with Crippen molar-refractivity contribution in [2.45, 2.75) is 44.4 Å². The molecule has 0 spiro atoms. The Bertz CT molecular complexity index is 367. The lowest BCUT2D eigenvalue weighted by molar-refractivity contribution is 0.458. The van der Waals surface area contributed by atoms with E-state index in [0.717, 1.165) is 5.92 Å². The van der Waals surface area contributed by atoms with E-state index >= 15 is 0 Å². The van der Waals surface area contributed by atoms with Gasteiger partial charge in [-0.2, -0.15) is 0 Å². The molecule has 1 saturated heterocycles. The van der Waals surface area contributed by atoms with Crippen LogP contribution in [-0.4, -0.2) is 18.1 Å². The molecule has 1 aromatic heterocycles. The molecule has 2 heteroatoms. The molecule has 1 aliphatic carbocycles. The Morgan fingerprint density at radius 2 is 1.94 bits per heavy atom. The summed E-state index contributed by atoms with van der Waals surface area (Å²) in [6.45, 7) is 2.34. The van der Waals surface area contributed by atoms with Gasteiger partial charge in [0.25, 0.3) is 0 Å². The second-order valence-corrected chi connectivity index (χ2v) is 5.11. The van der Waals surface area contributed by atoms with E-state index in [1.807, 2.05) is 0 Å². The molecule has 0 radical (unpaired) electrons. The van der Waals surface area contributed by atoms with Crippen LogP contribution in [0.4, 0.5) is 0 Å². The van der Waals surface area contributed by atoms with E-state index in [4.69, 9.17) is 0 Å². The fourth-order valence-corrected chi connectivity index (χ4v) is 2.99. The Balaban J connectivity index is 1.84. The minimum atomic E-state index is 0.751. The van der Waals surface area contributed by atoms with E-state index in [-0.39, 0.29) is 0 Å². The summed E-state index contributed by atoms with van der Waals surface area (Å²) in [6.07, 6.45) is 9.82. The average Bonchev–Trinajstić information content (AvgIpc) is 2.39. The van der Waals surface area contributed by atoms with Crippen molar-refractivity contribution < 1.29 is 0 Å². The van der Waals surface area contributed by atoms with Crippen LogP contribution in [0.1, 0.15) is 48.4 Å². The molecule has 86 valence electrons. The third kappa shape index (κ3) is 1.99. The third-order valence-electron chi connectivity index (χ3n) is 4.00. The van der Waals surface area contributed by atoms with Gasteiger partial charge in [-0.3, -0.25) is 4.98 Å². The maximum absolute atomic E-state index is 4.67. The van der Waals surface area contributed by atoms with Crippen LogP contribution in [-0.2, 0) is 12.8 Å². The molecule has 2 aliphatic rings. The molecule has 0 amide bonds. The minimum Gasteiger partial charge on any atom is -0.317 e. The molecule has 2 nitrogen and oxygen atoms in total. The highest BCUT2D eigenvalue weighted by molar-refractivity contribution is 5.29. The number of nitrogens with one attached hydrogen (secondary N) is 1. The second kappa shape index (κ2) is 4.54. The number of hydrogen-bond donors (Lipinski definition) is 1. The summed E-state index contributed by atoms with van der Waals surface area (Å²) >= 11 is 0. The van der Waals surface area contributed by atoms with Crippen LogP contribution >= 0.6 is 0 Å². The standard InChI is InChI=1S/C14H20N2/c1-2-4-14-12(3-1)9-13(10-16-14)11-5-7-15-8-6-11/h9-11,15H,1-8H2. The topological polar surface area (TPSA) is 24.9 Å². The van der Waals surface area contributed by atoms with Gasteiger partial charge >= 0.3 is 0 Å². The van der Waals surface area contributed by atoms with Crippen LogP contribution in [0.3, 0.4) is 0 Å². The summed E-state index contributed by atoms with van der Waals surface area (Å²) < 4.78 is 0. The van der Waals surface area contributed by atoms with Crippen molar-refractivity contribution in [3.63, 3.8) is 0 Å². The molecule has 0 saturated carbocycles. The van der Waals surface area contributed by atoms with Gasteiger partial charge in [-0.05, 0) is 68.7 Å². The van der Waals surface area contributed by atoms with Crippen molar-refractivity contribution in [2.75, 3.05) is 13.1 Å². The van der Waals surface area contributed by atoms with Crippen molar-refractivity contribution in [1.82, 2.24) is 10.3 Å². The van der Waals surface area contributed by atoms with Crippen LogP contribution in [0.15, 0.2) is 12.3 Å². The van der Waals surface area contributed by atoms with Crippen molar-refractivity contribution in [1.29, 1.82) is 0 Å². The number of aromatic nitrogens is 1. The van der Waals surface area contributed by atoms with Crippen molar-refractivity contribution in [2.24, 2.45) is 0 Å². The van der Waals surface area contributed by atoms with Gasteiger partial charge in [-0.1, -0.05) is 6.07 Å². The Labute approximate surface area is 97.5 Å². The fraction of sp³-hybridized carbons (Fsp3) is 0.643. The van der Waals surface area contributed by atoms with Gasteiger partial charge in [0, 0.05) is 11.9 Å². The molecule has 1 N–H and O–H groups in total. The minimum absolute atomic E-state index is 0.751. The molecule has 16 heavy (non-hydrogen) atoms. The normalized spacial score (nSPS) is 21.8. The van der Waals surface area contributed by atoms with Gasteiger partial charge in [0.15, 0.2) is 0 Å². The Hall–Kier alpha value is -0.890. The lowest BCUT2D eigenvalue weighted by Crippen LogP contribution is -2.26. The molecule has 1 fully saturated rings. The molecule has 2 heterocycles. The first-order valence-corrected chi connectivity index (χ1v) is 6.62. The zero-order valence-electron chi connectivity index (χ0n) is 9.84. The molecular weight excluding hydrogens is 196 g/mol. The summed E-state index contributed by atoms with van der Waals surface area (Å²) in [5, 5.41) is 3.43. The molecule has 0 aromatic carbocycles. The highest BCUT2D eigenvalue weighted by atomic mass is 14.9. The van der Waals surface area contributed by atoms with Gasteiger partial charge in [-0.15, -0.1) is 0 Å². The number of aryl methyl sites for hydroxylation is 2. The average molecular weight is 216 g/mol. The highest BCUT2D eigenvalue weighted by Crippen LogP contribution is 2.28. The first kappa shape index (κ1) is 10.3. The van der Waals surface area contributed by atoms with Crippen LogP contribution in [0, 0.1) is 0 Å². The first-order chi connectivity index (χ1) is 7.93. The molecule has 1 aliphatic heterocycles. The SMILES string of the molecule is c1nc2c(cc1C1CCNCC1)CCCC2. The van der Waals surface area contributed by atoms with Crippen LogP contribution in [0.2, 0.25) is 0 Å². The predicted molar refractivity (Wildman–Crippen MR) is 65.7 cm³/mol. The number of piperidine rings is 1. The summed E-state index contributed by atoms with van der Waals surface area (Å²) in [6, 6.07) is 2.44. The number of nitrogens with zero attached hydrogens (tertiary/aromatic N) is 1. The summed E-state index contributed by atoms with van der Waals surface area (Å²) in [5.41, 5.74) is 4.38. The van der Waals surface area contributed by atoms with E-state index in [1.54, 1.807) is 0 Å². The van der Waals surface area contributed by atoms with E-state index in [2.05, 4.69) is 22.6 Å². The van der Waals surface area contributed by atoms with Gasteiger partial charge < -0.3 is 5.32 Å². The molecular formula is C14H20N2. The van der Waals surface area contributed by atoms with Crippen LogP contribution in [0.25, 0.3) is 0 Å². The number of fused-ring (bicyclic) bond motifs is 1. The Kier molecular flexibility index (Phi) is 2.92. The van der Waals surface area contributed by atoms with Gasteiger partial charge in [-0.25, -0.2) is 0 Å². The first-order valence-electron chi connectivity index (χ1n) is 6.62. The number of hydrogen-bond acceptors (Lipinski definition) is 2. The zero-order chi connectivity index (χ0) is 10.8. The number of pyridine rings is 1. The smallest absolute Gasteiger partial charge is 0.0435 e. The maximum atomic E-state index is 4.67. The summed E-state index contributed by atoms with van der Waals surface area (Å²) in [4.78, 5) is 4.67. The van der Waals surface area contributed by atoms with Crippen molar-refractivity contribution in [3.8, 4) is 0 Å². The van der Waals surface area contributed by atoms with E-state index in [0.29, 0.717) is 0 Å². The van der Waals surface area contributed by atoms with E-state index in [1.165, 1.54) is 68.4 Å². The Morgan fingerprint density at radius 3 is 2.81 bits per heavy atom. The van der Waals surface area contributed by atoms with Crippen molar-refractivity contribution >= 4 is 0 Å². The lowest BCUT2D eigenvalue weighted by atomic mass is 9.88. The van der Waals surface area contributed by atoms with Gasteiger partial charge in [0.05, 0.1) is 0 Å². The van der Waals surface area contributed by atoms with E-state index in [9.17, 15) is 0 Å². The van der Waals surface area contributed by atoms with E-state index < -0.39 is 0 Å². The third-order valence-corrected chi connectivity index (χ3v) is 4.00. The molecule has 0 unspecified atom stereocenters. The van der Waals surface area contributed by atoms with Crippen molar-refractivity contribution in [3.05, 3.63) is 29.1 Å². The molecule has 0 atom stereocenters. The molecule has 1 aromatic rings. The Morgan fingerprint density at radius 1 is 1.12 bits per heavy atom. The van der Waals surface area contributed by atoms with Crippen LogP contribution in [0.5, 0.6) is 0 Å². The van der Waals surface area contributed by atoms with Gasteiger partial charge in [0.1, 0.15) is 0 Å². The fourth-order valence-electron chi connectivity index (χ4n) is 2.99. The highest BCUT2D eigenvalue weighted by Gasteiger charge is 2.18. The maximum Gasteiger partial charge on any atom is 0.0435 e. The molecule has 3 rings (SSSR count). The zero-order valence-corrected chi connectivity index (χ0v) is 9.84. The summed E-state index contributed by atoms with van der Waals surface area (Å²) in [7, 11) is 0. The summed E-state index contributed by atoms with van der Waals surface area (Å²) in [5.74, 6) is 0.751. The second-order valence-electron chi connectivity index (χ2n) is 5.11. The quantitative estimate of drug-likeness (QED) is 0.780. The monoisotopic (exact) mass is 216 g/mol. The molecule has 0 bridgehead atoms. The van der Waals surface area contributed by atoms with Crippen LogP contribution < -0.4 is 5.32 Å². The predicted octanol–water partition coefficient (Wildman–Crippen LogP) is 2.43. The van der Waals surface area contributed by atoms with Gasteiger partial charge in [0.2, 0.25) is 0 Å². The lowest BCUT2D eigenvalue weighted by Gasteiger charge is -2.24. The number of rotatable bonds is 1. The largest absolute Gasteiger partial charge is 0.317 e.